The zero-order valence-corrected chi connectivity index (χ0v) is 15.5. The number of rotatable bonds is 6. The number of benzene rings is 1. The maximum absolute atomic E-state index is 12.9. The number of aryl methyl sites for hydroxylation is 1. The molecule has 0 aromatic heterocycles. The molecular formula is C17H27N3O3S. The minimum Gasteiger partial charge on any atom is -0.340 e. The largest absolute Gasteiger partial charge is 0.340 e. The average molecular weight is 353 g/mol. The summed E-state index contributed by atoms with van der Waals surface area (Å²) in [5.41, 5.74) is 0.900. The molecule has 1 saturated heterocycles. The Morgan fingerprint density at radius 1 is 1.29 bits per heavy atom. The second-order valence-electron chi connectivity index (χ2n) is 6.41. The van der Waals surface area contributed by atoms with E-state index in [-0.39, 0.29) is 29.8 Å². The molecule has 1 aromatic carbocycles. The molecule has 1 amide bonds. The molecule has 0 spiro atoms. The van der Waals surface area contributed by atoms with Crippen molar-refractivity contribution >= 4 is 15.9 Å². The molecule has 1 N–H and O–H groups in total. The minimum absolute atomic E-state index is 0.0154. The molecule has 134 valence electrons. The number of piperazine rings is 1. The number of nitrogens with zero attached hydrogens (tertiary/aromatic N) is 2. The van der Waals surface area contributed by atoms with Gasteiger partial charge in [0.2, 0.25) is 15.9 Å². The molecule has 1 heterocycles. The summed E-state index contributed by atoms with van der Waals surface area (Å²) in [5.74, 6) is 0.0154. The van der Waals surface area contributed by atoms with E-state index < -0.39 is 10.0 Å². The van der Waals surface area contributed by atoms with E-state index in [9.17, 15) is 13.2 Å². The summed E-state index contributed by atoms with van der Waals surface area (Å²) in [4.78, 5) is 14.4. The van der Waals surface area contributed by atoms with Crippen LogP contribution in [0.15, 0.2) is 29.2 Å². The Bertz CT molecular complexity index is 667. The second-order valence-corrected chi connectivity index (χ2v) is 8.30. The van der Waals surface area contributed by atoms with Gasteiger partial charge in [-0.15, -0.1) is 0 Å². The zero-order chi connectivity index (χ0) is 17.7. The van der Waals surface area contributed by atoms with Gasteiger partial charge in [-0.3, -0.25) is 4.79 Å². The van der Waals surface area contributed by atoms with E-state index in [1.807, 2.05) is 26.8 Å². The van der Waals surface area contributed by atoms with Gasteiger partial charge in [0.1, 0.15) is 0 Å². The third-order valence-corrected chi connectivity index (χ3v) is 6.26. The lowest BCUT2D eigenvalue weighted by atomic mass is 10.2. The Morgan fingerprint density at radius 2 is 1.96 bits per heavy atom. The van der Waals surface area contributed by atoms with E-state index in [0.29, 0.717) is 13.1 Å². The molecule has 1 aliphatic heterocycles. The van der Waals surface area contributed by atoms with E-state index in [1.54, 1.807) is 23.1 Å². The highest BCUT2D eigenvalue weighted by Gasteiger charge is 2.28. The van der Waals surface area contributed by atoms with Crippen molar-refractivity contribution in [3.63, 3.8) is 0 Å². The molecule has 0 atom stereocenters. The van der Waals surface area contributed by atoms with Gasteiger partial charge in [0.25, 0.3) is 0 Å². The first-order valence-corrected chi connectivity index (χ1v) is 9.83. The highest BCUT2D eigenvalue weighted by atomic mass is 32.2. The van der Waals surface area contributed by atoms with Crippen LogP contribution in [0.25, 0.3) is 0 Å². The Kier molecular flexibility index (Phi) is 6.37. The first-order chi connectivity index (χ1) is 11.3. The predicted octanol–water partition coefficient (Wildman–Crippen LogP) is 1.22. The standard InChI is InChI=1S/C17H27N3O3S/c1-14(2)20(10-7-17(21)19-11-8-18-9-12-19)24(22,23)16-6-4-5-15(3)13-16/h4-6,13-14,18H,7-12H2,1-3H3. The van der Waals surface area contributed by atoms with Crippen molar-refractivity contribution < 1.29 is 13.2 Å². The van der Waals surface area contributed by atoms with Crippen molar-refractivity contribution in [1.82, 2.24) is 14.5 Å². The number of nitrogens with one attached hydrogen (secondary N) is 1. The van der Waals surface area contributed by atoms with Crippen LogP contribution in [-0.4, -0.2) is 62.3 Å². The molecule has 0 bridgehead atoms. The summed E-state index contributed by atoms with van der Waals surface area (Å²) in [7, 11) is -3.60. The highest BCUT2D eigenvalue weighted by molar-refractivity contribution is 7.89. The molecule has 6 nitrogen and oxygen atoms in total. The summed E-state index contributed by atoms with van der Waals surface area (Å²) in [5, 5.41) is 3.20. The van der Waals surface area contributed by atoms with Crippen molar-refractivity contribution in [3.8, 4) is 0 Å². The van der Waals surface area contributed by atoms with Gasteiger partial charge < -0.3 is 10.2 Å². The molecular weight excluding hydrogens is 326 g/mol. The van der Waals surface area contributed by atoms with Crippen LogP contribution in [0.4, 0.5) is 0 Å². The molecule has 0 radical (unpaired) electrons. The Hall–Kier alpha value is -1.44. The van der Waals surface area contributed by atoms with Crippen LogP contribution in [0.1, 0.15) is 25.8 Å². The fourth-order valence-electron chi connectivity index (χ4n) is 2.85. The van der Waals surface area contributed by atoms with Gasteiger partial charge in [0.15, 0.2) is 0 Å². The van der Waals surface area contributed by atoms with Crippen LogP contribution in [0.2, 0.25) is 0 Å². The van der Waals surface area contributed by atoms with Gasteiger partial charge in [-0.25, -0.2) is 8.42 Å². The summed E-state index contributed by atoms with van der Waals surface area (Å²) >= 11 is 0. The SMILES string of the molecule is Cc1cccc(S(=O)(=O)N(CCC(=O)N2CCNCC2)C(C)C)c1. The van der Waals surface area contributed by atoms with Crippen molar-refractivity contribution in [2.75, 3.05) is 32.7 Å². The van der Waals surface area contributed by atoms with Crippen molar-refractivity contribution in [1.29, 1.82) is 0 Å². The fourth-order valence-corrected chi connectivity index (χ4v) is 4.59. The number of amides is 1. The van der Waals surface area contributed by atoms with E-state index >= 15 is 0 Å². The smallest absolute Gasteiger partial charge is 0.243 e. The number of carbonyl (C=O) groups excluding carboxylic acids is 1. The molecule has 0 saturated carbocycles. The zero-order valence-electron chi connectivity index (χ0n) is 14.7. The maximum Gasteiger partial charge on any atom is 0.243 e. The average Bonchev–Trinajstić information content (AvgIpc) is 2.55. The summed E-state index contributed by atoms with van der Waals surface area (Å²) < 4.78 is 27.2. The molecule has 2 rings (SSSR count). The number of carbonyl (C=O) groups is 1. The minimum atomic E-state index is -3.60. The molecule has 1 aromatic rings. The molecule has 1 fully saturated rings. The Balaban J connectivity index is 2.09. The van der Waals surface area contributed by atoms with Crippen molar-refractivity contribution in [3.05, 3.63) is 29.8 Å². The first-order valence-electron chi connectivity index (χ1n) is 8.39. The maximum atomic E-state index is 12.9. The van der Waals surface area contributed by atoms with Crippen LogP contribution in [0.3, 0.4) is 0 Å². The first kappa shape index (κ1) is 18.9. The third-order valence-electron chi connectivity index (χ3n) is 4.19. The monoisotopic (exact) mass is 353 g/mol. The Morgan fingerprint density at radius 3 is 2.54 bits per heavy atom. The summed E-state index contributed by atoms with van der Waals surface area (Å²) in [6.45, 7) is 8.70. The van der Waals surface area contributed by atoms with Crippen LogP contribution in [-0.2, 0) is 14.8 Å². The normalized spacial score (nSPS) is 16.0. The topological polar surface area (TPSA) is 69.7 Å². The lowest BCUT2D eigenvalue weighted by Gasteiger charge is -2.30. The van der Waals surface area contributed by atoms with Crippen LogP contribution in [0, 0.1) is 6.92 Å². The van der Waals surface area contributed by atoms with Crippen molar-refractivity contribution in [2.45, 2.75) is 38.1 Å². The molecule has 0 aliphatic carbocycles. The van der Waals surface area contributed by atoms with E-state index in [4.69, 9.17) is 0 Å². The quantitative estimate of drug-likeness (QED) is 0.835. The van der Waals surface area contributed by atoms with Crippen molar-refractivity contribution in [2.24, 2.45) is 0 Å². The predicted molar refractivity (Wildman–Crippen MR) is 94.3 cm³/mol. The highest BCUT2D eigenvalue weighted by Crippen LogP contribution is 2.20. The lowest BCUT2D eigenvalue weighted by molar-refractivity contribution is -0.131. The number of hydrogen-bond acceptors (Lipinski definition) is 4. The third kappa shape index (κ3) is 4.55. The van der Waals surface area contributed by atoms with Crippen LogP contribution < -0.4 is 5.32 Å². The van der Waals surface area contributed by atoms with E-state index in [0.717, 1.165) is 18.7 Å². The Labute approximate surface area is 144 Å². The van der Waals surface area contributed by atoms with Gasteiger partial charge in [-0.2, -0.15) is 4.31 Å². The van der Waals surface area contributed by atoms with Gasteiger partial charge in [-0.1, -0.05) is 12.1 Å². The molecule has 1 aliphatic rings. The van der Waals surface area contributed by atoms with Crippen LogP contribution in [0.5, 0.6) is 0 Å². The second kappa shape index (κ2) is 8.09. The van der Waals surface area contributed by atoms with Gasteiger partial charge in [0.05, 0.1) is 4.90 Å². The van der Waals surface area contributed by atoms with Gasteiger partial charge >= 0.3 is 0 Å². The molecule has 7 heteroatoms. The van der Waals surface area contributed by atoms with Gasteiger partial charge in [0, 0.05) is 45.2 Å². The fraction of sp³-hybridized carbons (Fsp3) is 0.588. The van der Waals surface area contributed by atoms with E-state index in [2.05, 4.69) is 5.32 Å². The number of hydrogen-bond donors (Lipinski definition) is 1. The summed E-state index contributed by atoms with van der Waals surface area (Å²) in [6.07, 6.45) is 0.212. The van der Waals surface area contributed by atoms with Crippen LogP contribution >= 0.6 is 0 Å². The summed E-state index contributed by atoms with van der Waals surface area (Å²) in [6, 6.07) is 6.68. The number of sulfonamides is 1. The lowest BCUT2D eigenvalue weighted by Crippen LogP contribution is -2.47. The molecule has 24 heavy (non-hydrogen) atoms. The van der Waals surface area contributed by atoms with Gasteiger partial charge in [-0.05, 0) is 38.5 Å². The van der Waals surface area contributed by atoms with E-state index in [1.165, 1.54) is 4.31 Å². The molecule has 0 unspecified atom stereocenters.